The summed E-state index contributed by atoms with van der Waals surface area (Å²) in [5, 5.41) is 19.1. The zero-order valence-corrected chi connectivity index (χ0v) is 10.7. The van der Waals surface area contributed by atoms with Crippen LogP contribution < -0.4 is 6.15 Å². The summed E-state index contributed by atoms with van der Waals surface area (Å²) < 4.78 is 0. The molecular weight excluding hydrogens is 281 g/mol. The molecule has 0 amide bonds. The average molecular weight is 294 g/mol. The van der Waals surface area contributed by atoms with Crippen molar-refractivity contribution >= 4 is 11.8 Å². The molecule has 0 saturated carbocycles. The van der Waals surface area contributed by atoms with Crippen LogP contribution in [0.2, 0.25) is 0 Å². The molecule has 2 aromatic carbocycles. The van der Waals surface area contributed by atoms with Crippen molar-refractivity contribution in [2.45, 2.75) is 9.79 Å². The zero-order chi connectivity index (χ0) is 10.7. The molecule has 0 aromatic heterocycles. The fourth-order valence-corrected chi connectivity index (χ4v) is 2.08. The third kappa shape index (κ3) is 3.97. The molecule has 2 aromatic rings. The number of aromatic hydroxyl groups is 2. The fourth-order valence-electron chi connectivity index (χ4n) is 1.21. The van der Waals surface area contributed by atoms with Gasteiger partial charge in [-0.25, -0.2) is 0 Å². The van der Waals surface area contributed by atoms with Gasteiger partial charge >= 0.3 is 0 Å². The molecule has 0 aliphatic carbocycles. The van der Waals surface area contributed by atoms with Gasteiger partial charge in [0.15, 0.2) is 0 Å². The van der Waals surface area contributed by atoms with Crippen LogP contribution in [0.4, 0.5) is 0 Å². The Bertz CT molecular complexity index is 436. The zero-order valence-electron chi connectivity index (χ0n) is 8.94. The summed E-state index contributed by atoms with van der Waals surface area (Å²) in [7, 11) is 0. The van der Waals surface area contributed by atoms with Crippen molar-refractivity contribution in [3.05, 3.63) is 48.5 Å². The van der Waals surface area contributed by atoms with Gasteiger partial charge in [0, 0.05) is 16.5 Å². The summed E-state index contributed by atoms with van der Waals surface area (Å²) in [6.45, 7) is 0. The van der Waals surface area contributed by atoms with Gasteiger partial charge in [0.1, 0.15) is 11.5 Å². The molecule has 2 rings (SSSR count). The maximum atomic E-state index is 9.56. The second-order valence-corrected chi connectivity index (χ2v) is 4.12. The third-order valence-electron chi connectivity index (χ3n) is 1.95. The molecule has 0 aliphatic rings. The quantitative estimate of drug-likeness (QED) is 0.742. The first-order chi connectivity index (χ1) is 7.27. The van der Waals surface area contributed by atoms with E-state index in [1.807, 2.05) is 24.3 Å². The van der Waals surface area contributed by atoms with Crippen LogP contribution in [0.1, 0.15) is 0 Å². The van der Waals surface area contributed by atoms with Gasteiger partial charge in [-0.1, -0.05) is 36.0 Å². The first-order valence-electron chi connectivity index (χ1n) is 4.51. The predicted molar refractivity (Wildman–Crippen MR) is 65.4 cm³/mol. The standard InChI is InChI=1S/C12H10O2S.H3N.Ni/c13-9-5-1-3-7-11(9)15-12-8-4-2-6-10(12)14;;/h1-8,13-14H;1H3;. The first kappa shape index (κ1) is 15.8. The number of rotatable bonds is 2. The van der Waals surface area contributed by atoms with E-state index in [0.29, 0.717) is 0 Å². The van der Waals surface area contributed by atoms with Crippen LogP contribution in [-0.4, -0.2) is 10.2 Å². The van der Waals surface area contributed by atoms with Gasteiger partial charge in [-0.3, -0.25) is 0 Å². The second kappa shape index (κ2) is 7.22. The topological polar surface area (TPSA) is 75.5 Å². The van der Waals surface area contributed by atoms with Gasteiger partial charge in [0.25, 0.3) is 0 Å². The molecule has 94 valence electrons. The van der Waals surface area contributed by atoms with Gasteiger partial charge in [0.2, 0.25) is 0 Å². The van der Waals surface area contributed by atoms with E-state index in [0.717, 1.165) is 9.79 Å². The minimum absolute atomic E-state index is 0. The summed E-state index contributed by atoms with van der Waals surface area (Å²) in [4.78, 5) is 1.47. The summed E-state index contributed by atoms with van der Waals surface area (Å²) in [5.41, 5.74) is 0. The van der Waals surface area contributed by atoms with E-state index in [1.54, 1.807) is 24.3 Å². The van der Waals surface area contributed by atoms with Crippen molar-refractivity contribution in [3.8, 4) is 11.5 Å². The van der Waals surface area contributed by atoms with E-state index < -0.39 is 0 Å². The fraction of sp³-hybridized carbons (Fsp3) is 0. The van der Waals surface area contributed by atoms with E-state index >= 15 is 0 Å². The molecule has 5 N–H and O–H groups in total. The van der Waals surface area contributed by atoms with E-state index in [2.05, 4.69) is 0 Å². The van der Waals surface area contributed by atoms with Crippen molar-refractivity contribution in [3.63, 3.8) is 0 Å². The smallest absolute Gasteiger partial charge is 0.129 e. The van der Waals surface area contributed by atoms with Crippen LogP contribution in [0, 0.1) is 0 Å². The molecule has 0 fully saturated rings. The molecule has 0 unspecified atom stereocenters. The number of phenolic OH excluding ortho intramolecular Hbond substituents is 2. The molecule has 3 nitrogen and oxygen atoms in total. The molecule has 0 heterocycles. The van der Waals surface area contributed by atoms with E-state index in [9.17, 15) is 10.2 Å². The van der Waals surface area contributed by atoms with Crippen LogP contribution in [0.5, 0.6) is 11.5 Å². The van der Waals surface area contributed by atoms with Gasteiger partial charge in [0.05, 0.1) is 9.79 Å². The predicted octanol–water partition coefficient (Wildman–Crippen LogP) is 3.41. The van der Waals surface area contributed by atoms with Crippen molar-refractivity contribution in [1.29, 1.82) is 0 Å². The normalized spacial score (nSPS) is 8.94. The average Bonchev–Trinajstić information content (AvgIpc) is 2.24. The summed E-state index contributed by atoms with van der Waals surface area (Å²) >= 11 is 1.34. The molecule has 0 aliphatic heterocycles. The number of benzene rings is 2. The molecular formula is C12H13NNiO2S. The Kier molecular flexibility index (Phi) is 6.73. The van der Waals surface area contributed by atoms with Crippen molar-refractivity contribution < 1.29 is 26.7 Å². The Hall–Kier alpha value is -1.16. The van der Waals surface area contributed by atoms with Gasteiger partial charge in [-0.15, -0.1) is 0 Å². The molecule has 5 heteroatoms. The van der Waals surface area contributed by atoms with Crippen LogP contribution in [0.15, 0.2) is 58.3 Å². The van der Waals surface area contributed by atoms with Gasteiger partial charge in [-0.05, 0) is 24.3 Å². The number of hydrogen-bond donors (Lipinski definition) is 3. The molecule has 0 atom stereocenters. The molecule has 0 saturated heterocycles. The van der Waals surface area contributed by atoms with E-state index in [1.165, 1.54) is 11.8 Å². The van der Waals surface area contributed by atoms with E-state index in [4.69, 9.17) is 0 Å². The Morgan fingerprint density at radius 3 is 1.41 bits per heavy atom. The van der Waals surface area contributed by atoms with Crippen LogP contribution in [0.3, 0.4) is 0 Å². The monoisotopic (exact) mass is 293 g/mol. The van der Waals surface area contributed by atoms with Crippen molar-refractivity contribution in [1.82, 2.24) is 6.15 Å². The van der Waals surface area contributed by atoms with Crippen molar-refractivity contribution in [2.24, 2.45) is 0 Å². The molecule has 0 spiro atoms. The summed E-state index contributed by atoms with van der Waals surface area (Å²) in [6.07, 6.45) is 0. The van der Waals surface area contributed by atoms with Crippen molar-refractivity contribution in [2.75, 3.05) is 0 Å². The molecule has 17 heavy (non-hydrogen) atoms. The van der Waals surface area contributed by atoms with Crippen LogP contribution >= 0.6 is 11.8 Å². The SMILES string of the molecule is N.Oc1ccccc1Sc1ccccc1O.[Ni]. The van der Waals surface area contributed by atoms with Gasteiger partial charge in [-0.2, -0.15) is 0 Å². The molecule has 0 radical (unpaired) electrons. The number of phenols is 2. The third-order valence-corrected chi connectivity index (χ3v) is 3.08. The maximum Gasteiger partial charge on any atom is 0.129 e. The largest absolute Gasteiger partial charge is 0.507 e. The minimum atomic E-state index is 0. The Labute approximate surface area is 114 Å². The Morgan fingerprint density at radius 2 is 1.06 bits per heavy atom. The molecule has 0 bridgehead atoms. The van der Waals surface area contributed by atoms with Crippen LogP contribution in [-0.2, 0) is 16.5 Å². The maximum absolute atomic E-state index is 9.56. The Balaban J connectivity index is 0.00000128. The Morgan fingerprint density at radius 1 is 0.706 bits per heavy atom. The van der Waals surface area contributed by atoms with E-state index in [-0.39, 0.29) is 34.1 Å². The van der Waals surface area contributed by atoms with Gasteiger partial charge < -0.3 is 16.4 Å². The minimum Gasteiger partial charge on any atom is -0.507 e. The first-order valence-corrected chi connectivity index (χ1v) is 5.33. The summed E-state index contributed by atoms with van der Waals surface area (Å²) in [5.74, 6) is 0.455. The van der Waals surface area contributed by atoms with Crippen LogP contribution in [0.25, 0.3) is 0 Å². The number of hydrogen-bond acceptors (Lipinski definition) is 4. The second-order valence-electron chi connectivity index (χ2n) is 3.04. The number of para-hydroxylation sites is 2. The summed E-state index contributed by atoms with van der Waals surface area (Å²) in [6, 6.07) is 14.1.